The minimum Gasteiger partial charge on any atom is -0.478 e. The molecule has 0 radical (unpaired) electrons. The summed E-state index contributed by atoms with van der Waals surface area (Å²) in [4.78, 5) is 13.8. The molecule has 0 amide bonds. The summed E-state index contributed by atoms with van der Waals surface area (Å²) >= 11 is 0. The molecule has 6 nitrogen and oxygen atoms in total. The number of carboxylic acids is 1. The van der Waals surface area contributed by atoms with Gasteiger partial charge in [-0.25, -0.2) is 4.79 Å². The molecule has 0 aromatic carbocycles. The highest BCUT2D eigenvalue weighted by molar-refractivity contribution is 5.88. The highest BCUT2D eigenvalue weighted by Crippen LogP contribution is 2.06. The summed E-state index contributed by atoms with van der Waals surface area (Å²) in [5.74, 6) is -0.913. The Hall–Kier alpha value is -2.08. The quantitative estimate of drug-likeness (QED) is 0.712. The van der Waals surface area contributed by atoms with Gasteiger partial charge in [-0.1, -0.05) is 0 Å². The van der Waals surface area contributed by atoms with E-state index in [0.29, 0.717) is 24.3 Å². The predicted octanol–water partition coefficient (Wildman–Crippen LogP) is 0.736. The molecule has 0 aliphatic rings. The van der Waals surface area contributed by atoms with Gasteiger partial charge in [-0.2, -0.15) is 5.10 Å². The third-order valence-corrected chi connectivity index (χ3v) is 2.59. The molecule has 0 bridgehead atoms. The molecule has 17 heavy (non-hydrogen) atoms. The summed E-state index contributed by atoms with van der Waals surface area (Å²) in [7, 11) is 1.87. The van der Waals surface area contributed by atoms with Gasteiger partial charge in [0.2, 0.25) is 0 Å². The number of aromatic carboxylic acids is 1. The van der Waals surface area contributed by atoms with E-state index in [1.807, 2.05) is 13.1 Å². The van der Waals surface area contributed by atoms with Gasteiger partial charge in [0.15, 0.2) is 0 Å². The number of aromatic amines is 1. The number of H-pyrrole nitrogens is 1. The van der Waals surface area contributed by atoms with E-state index < -0.39 is 5.97 Å². The largest absolute Gasteiger partial charge is 0.478 e. The van der Waals surface area contributed by atoms with Gasteiger partial charge in [0, 0.05) is 38.2 Å². The number of nitrogens with zero attached hydrogens (tertiary/aromatic N) is 2. The first-order valence-corrected chi connectivity index (χ1v) is 5.25. The molecule has 0 unspecified atom stereocenters. The van der Waals surface area contributed by atoms with E-state index in [4.69, 9.17) is 5.11 Å². The Morgan fingerprint density at radius 1 is 1.53 bits per heavy atom. The van der Waals surface area contributed by atoms with Crippen LogP contribution in [-0.2, 0) is 20.1 Å². The van der Waals surface area contributed by atoms with E-state index in [-0.39, 0.29) is 0 Å². The standard InChI is InChI=1S/C11H14N4O2/c1-15-8(2-5-14-15)6-12-7-10-9(11(16)17)3-4-13-10/h2-5,12-13H,6-7H2,1H3,(H,16,17). The maximum absolute atomic E-state index is 10.9. The van der Waals surface area contributed by atoms with Gasteiger partial charge in [0.25, 0.3) is 0 Å². The van der Waals surface area contributed by atoms with Crippen LogP contribution in [-0.4, -0.2) is 25.8 Å². The fourth-order valence-electron chi connectivity index (χ4n) is 1.64. The highest BCUT2D eigenvalue weighted by atomic mass is 16.4. The SMILES string of the molecule is Cn1nccc1CNCc1[nH]ccc1C(=O)O. The van der Waals surface area contributed by atoms with Crippen molar-refractivity contribution in [3.05, 3.63) is 41.5 Å². The number of carboxylic acid groups (broad SMARTS) is 1. The van der Waals surface area contributed by atoms with Crippen molar-refractivity contribution in [1.82, 2.24) is 20.1 Å². The molecule has 2 rings (SSSR count). The van der Waals surface area contributed by atoms with E-state index in [1.165, 1.54) is 0 Å². The van der Waals surface area contributed by atoms with Crippen LogP contribution in [0.1, 0.15) is 21.7 Å². The van der Waals surface area contributed by atoms with Crippen LogP contribution < -0.4 is 5.32 Å². The fourth-order valence-corrected chi connectivity index (χ4v) is 1.64. The van der Waals surface area contributed by atoms with Crippen molar-refractivity contribution in [2.45, 2.75) is 13.1 Å². The summed E-state index contributed by atoms with van der Waals surface area (Å²) in [6, 6.07) is 3.48. The number of rotatable bonds is 5. The molecule has 0 fully saturated rings. The number of carbonyl (C=O) groups is 1. The van der Waals surface area contributed by atoms with Crippen molar-refractivity contribution < 1.29 is 9.90 Å². The van der Waals surface area contributed by atoms with Gasteiger partial charge in [-0.05, 0) is 12.1 Å². The van der Waals surface area contributed by atoms with Gasteiger partial charge >= 0.3 is 5.97 Å². The second-order valence-electron chi connectivity index (χ2n) is 3.72. The Bertz CT molecular complexity index is 515. The molecule has 0 saturated heterocycles. The molecular formula is C11H14N4O2. The highest BCUT2D eigenvalue weighted by Gasteiger charge is 2.10. The lowest BCUT2D eigenvalue weighted by molar-refractivity contribution is 0.0695. The summed E-state index contributed by atoms with van der Waals surface area (Å²) in [6.45, 7) is 1.13. The van der Waals surface area contributed by atoms with Crippen molar-refractivity contribution in [3.8, 4) is 0 Å². The lowest BCUT2D eigenvalue weighted by Crippen LogP contribution is -2.17. The van der Waals surface area contributed by atoms with Crippen LogP contribution in [0.4, 0.5) is 0 Å². The van der Waals surface area contributed by atoms with Gasteiger partial charge in [-0.15, -0.1) is 0 Å². The van der Waals surface area contributed by atoms with Crippen molar-refractivity contribution >= 4 is 5.97 Å². The van der Waals surface area contributed by atoms with Crippen molar-refractivity contribution in [1.29, 1.82) is 0 Å². The average molecular weight is 234 g/mol. The number of nitrogens with one attached hydrogen (secondary N) is 2. The van der Waals surface area contributed by atoms with E-state index in [0.717, 1.165) is 5.69 Å². The Morgan fingerprint density at radius 2 is 2.35 bits per heavy atom. The summed E-state index contributed by atoms with van der Waals surface area (Å²) in [6.07, 6.45) is 3.36. The molecule has 0 aliphatic heterocycles. The maximum atomic E-state index is 10.9. The molecule has 6 heteroatoms. The number of hydrogen-bond donors (Lipinski definition) is 3. The molecule has 2 heterocycles. The van der Waals surface area contributed by atoms with Crippen LogP contribution in [0.15, 0.2) is 24.5 Å². The maximum Gasteiger partial charge on any atom is 0.337 e. The first kappa shape index (κ1) is 11.4. The van der Waals surface area contributed by atoms with E-state index >= 15 is 0 Å². The van der Waals surface area contributed by atoms with Crippen LogP contribution in [0, 0.1) is 0 Å². The lowest BCUT2D eigenvalue weighted by Gasteiger charge is -2.05. The minimum atomic E-state index is -0.913. The van der Waals surface area contributed by atoms with Gasteiger partial charge in [0.05, 0.1) is 11.3 Å². The van der Waals surface area contributed by atoms with Crippen LogP contribution in [0.3, 0.4) is 0 Å². The smallest absolute Gasteiger partial charge is 0.337 e. The van der Waals surface area contributed by atoms with E-state index in [1.54, 1.807) is 23.1 Å². The monoisotopic (exact) mass is 234 g/mol. The van der Waals surface area contributed by atoms with Crippen molar-refractivity contribution in [2.75, 3.05) is 0 Å². The summed E-state index contributed by atoms with van der Waals surface area (Å²) < 4.78 is 1.78. The molecule has 0 aliphatic carbocycles. The van der Waals surface area contributed by atoms with Crippen LogP contribution >= 0.6 is 0 Å². The fraction of sp³-hybridized carbons (Fsp3) is 0.273. The molecule has 0 saturated carbocycles. The number of hydrogen-bond acceptors (Lipinski definition) is 3. The van der Waals surface area contributed by atoms with E-state index in [9.17, 15) is 4.79 Å². The molecule has 0 atom stereocenters. The zero-order chi connectivity index (χ0) is 12.3. The Morgan fingerprint density at radius 3 is 3.00 bits per heavy atom. The van der Waals surface area contributed by atoms with Crippen molar-refractivity contribution in [2.24, 2.45) is 7.05 Å². The third-order valence-electron chi connectivity index (χ3n) is 2.59. The molecular weight excluding hydrogens is 220 g/mol. The summed E-state index contributed by atoms with van der Waals surface area (Å²) in [5.41, 5.74) is 2.04. The number of aromatic nitrogens is 3. The van der Waals surface area contributed by atoms with Crippen LogP contribution in [0.5, 0.6) is 0 Å². The molecule has 0 spiro atoms. The van der Waals surface area contributed by atoms with E-state index in [2.05, 4.69) is 15.4 Å². The Balaban J connectivity index is 1.92. The zero-order valence-electron chi connectivity index (χ0n) is 9.47. The second kappa shape index (κ2) is 4.84. The number of aryl methyl sites for hydroxylation is 1. The third kappa shape index (κ3) is 2.54. The molecule has 2 aromatic heterocycles. The predicted molar refractivity (Wildman–Crippen MR) is 61.5 cm³/mol. The first-order valence-electron chi connectivity index (χ1n) is 5.25. The molecule has 2 aromatic rings. The second-order valence-corrected chi connectivity index (χ2v) is 3.72. The van der Waals surface area contributed by atoms with Gasteiger partial charge < -0.3 is 15.4 Å². The normalized spacial score (nSPS) is 10.6. The minimum absolute atomic E-state index is 0.308. The zero-order valence-corrected chi connectivity index (χ0v) is 9.47. The summed E-state index contributed by atoms with van der Waals surface area (Å²) in [5, 5.41) is 16.1. The van der Waals surface area contributed by atoms with Gasteiger partial charge in [0.1, 0.15) is 0 Å². The Labute approximate surface area is 98.3 Å². The topological polar surface area (TPSA) is 82.9 Å². The van der Waals surface area contributed by atoms with Gasteiger partial charge in [-0.3, -0.25) is 4.68 Å². The molecule has 3 N–H and O–H groups in total. The molecule has 90 valence electrons. The first-order chi connectivity index (χ1) is 8.18. The van der Waals surface area contributed by atoms with Crippen molar-refractivity contribution in [3.63, 3.8) is 0 Å². The average Bonchev–Trinajstić information content (AvgIpc) is 2.88. The van der Waals surface area contributed by atoms with Crippen LogP contribution in [0.25, 0.3) is 0 Å². The Kier molecular flexibility index (Phi) is 3.24. The van der Waals surface area contributed by atoms with Crippen LogP contribution in [0.2, 0.25) is 0 Å². The lowest BCUT2D eigenvalue weighted by atomic mass is 10.2.